The van der Waals surface area contributed by atoms with Crippen molar-refractivity contribution in [3.63, 3.8) is 0 Å². The second kappa shape index (κ2) is 12.0. The van der Waals surface area contributed by atoms with Crippen LogP contribution in [0.15, 0.2) is 24.3 Å². The van der Waals surface area contributed by atoms with Crippen LogP contribution in [0, 0.1) is 6.92 Å². The predicted octanol–water partition coefficient (Wildman–Crippen LogP) is 6.99. The number of unbranched alkanes of at least 4 members (excludes halogenated alkanes) is 3. The molecule has 0 radical (unpaired) electrons. The molecule has 0 unspecified atom stereocenters. The Morgan fingerprint density at radius 2 is 1.44 bits per heavy atom. The number of benzene rings is 1. The molecule has 0 aromatic heterocycles. The van der Waals surface area contributed by atoms with E-state index < -0.39 is 18.4 Å². The number of aryl methyl sites for hydroxylation is 1. The molecule has 3 heteroatoms. The van der Waals surface area contributed by atoms with Crippen molar-refractivity contribution >= 4 is 24.3 Å². The molecule has 0 amide bonds. The van der Waals surface area contributed by atoms with Crippen LogP contribution < -0.4 is 0 Å². The van der Waals surface area contributed by atoms with E-state index in [1.807, 2.05) is 0 Å². The van der Waals surface area contributed by atoms with Crippen molar-refractivity contribution in [1.82, 2.24) is 0 Å². The first-order valence-corrected chi connectivity index (χ1v) is 17.9. The number of hydrogen-bond donors (Lipinski definition) is 0. The molecule has 25 heavy (non-hydrogen) atoms. The van der Waals surface area contributed by atoms with E-state index in [-0.39, 0.29) is 10.1 Å². The van der Waals surface area contributed by atoms with Crippen molar-refractivity contribution in [1.29, 1.82) is 0 Å². The monoisotopic (exact) mass is 454 g/mol. The van der Waals surface area contributed by atoms with Crippen molar-refractivity contribution < 1.29 is 9.53 Å². The molecule has 1 atom stereocenters. The third-order valence-electron chi connectivity index (χ3n) is 5.40. The zero-order chi connectivity index (χ0) is 18.7. The molecule has 142 valence electrons. The minimum atomic E-state index is -2.70. The summed E-state index contributed by atoms with van der Waals surface area (Å²) in [5.74, 6) is -0.112. The Balaban J connectivity index is 3.36. The van der Waals surface area contributed by atoms with E-state index in [9.17, 15) is 4.79 Å². The van der Waals surface area contributed by atoms with Crippen molar-refractivity contribution in [3.8, 4) is 0 Å². The Morgan fingerprint density at radius 1 is 0.960 bits per heavy atom. The van der Waals surface area contributed by atoms with Crippen molar-refractivity contribution in [2.45, 2.75) is 90.6 Å². The zero-order valence-electron chi connectivity index (χ0n) is 17.1. The number of carbonyl (C=O) groups is 1. The van der Waals surface area contributed by atoms with Crippen molar-refractivity contribution in [3.05, 3.63) is 35.4 Å². The maximum atomic E-state index is 12.0. The van der Waals surface area contributed by atoms with Gasteiger partial charge in [0.25, 0.3) is 0 Å². The fourth-order valence-electron chi connectivity index (χ4n) is 3.92. The quantitative estimate of drug-likeness (QED) is 0.252. The standard InChI is InChI=1S/C10H11O2.3C4H9.Sn/c1-8-5-3-4-6-10(8)7-12-9(2)11;3*1-3-4-2;/h3-7H,1-2H3;3*1,3-4H2,2H3;. The molecule has 0 bridgehead atoms. The van der Waals surface area contributed by atoms with Gasteiger partial charge in [0.1, 0.15) is 0 Å². The van der Waals surface area contributed by atoms with Gasteiger partial charge >= 0.3 is 160 Å². The van der Waals surface area contributed by atoms with Gasteiger partial charge in [-0.1, -0.05) is 0 Å². The molecule has 1 aromatic carbocycles. The van der Waals surface area contributed by atoms with Gasteiger partial charge in [-0.15, -0.1) is 0 Å². The normalized spacial score (nSPS) is 12.8. The summed E-state index contributed by atoms with van der Waals surface area (Å²) in [6, 6.07) is 8.57. The first-order chi connectivity index (χ1) is 12.0. The van der Waals surface area contributed by atoms with Gasteiger partial charge in [-0.05, 0) is 0 Å². The minimum absolute atomic E-state index is 0.0812. The van der Waals surface area contributed by atoms with E-state index in [4.69, 9.17) is 4.74 Å². The summed E-state index contributed by atoms with van der Waals surface area (Å²) in [5.41, 5.74) is 2.57. The van der Waals surface area contributed by atoms with Crippen LogP contribution in [-0.4, -0.2) is 24.3 Å². The van der Waals surface area contributed by atoms with E-state index in [0.29, 0.717) is 0 Å². The average molecular weight is 453 g/mol. The second-order valence-electron chi connectivity index (χ2n) is 7.52. The molecular formula is C22H38O2Sn. The van der Waals surface area contributed by atoms with E-state index in [1.165, 1.54) is 63.0 Å². The van der Waals surface area contributed by atoms with Crippen LogP contribution in [0.1, 0.15) is 81.5 Å². The van der Waals surface area contributed by atoms with Gasteiger partial charge in [-0.3, -0.25) is 0 Å². The molecule has 0 spiro atoms. The van der Waals surface area contributed by atoms with Crippen LogP contribution in [0.3, 0.4) is 0 Å². The fourth-order valence-corrected chi connectivity index (χ4v) is 21.4. The molecular weight excluding hydrogens is 415 g/mol. The van der Waals surface area contributed by atoms with E-state index >= 15 is 0 Å². The van der Waals surface area contributed by atoms with Gasteiger partial charge in [0, 0.05) is 0 Å². The van der Waals surface area contributed by atoms with Crippen LogP contribution in [0.5, 0.6) is 0 Å². The van der Waals surface area contributed by atoms with Crippen LogP contribution >= 0.6 is 0 Å². The third kappa shape index (κ3) is 6.96. The molecule has 0 aliphatic carbocycles. The van der Waals surface area contributed by atoms with Gasteiger partial charge in [0.05, 0.1) is 0 Å². The predicted molar refractivity (Wildman–Crippen MR) is 111 cm³/mol. The van der Waals surface area contributed by atoms with Crippen molar-refractivity contribution in [2.24, 2.45) is 0 Å². The van der Waals surface area contributed by atoms with Gasteiger partial charge in [0.15, 0.2) is 0 Å². The second-order valence-corrected chi connectivity index (χ2v) is 21.1. The van der Waals surface area contributed by atoms with Crippen LogP contribution in [-0.2, 0) is 9.53 Å². The summed E-state index contributed by atoms with van der Waals surface area (Å²) < 4.78 is 10.2. The molecule has 0 saturated heterocycles. The molecule has 0 N–H and O–H groups in total. The van der Waals surface area contributed by atoms with Gasteiger partial charge in [-0.2, -0.15) is 0 Å². The maximum absolute atomic E-state index is 12.0. The summed E-state index contributed by atoms with van der Waals surface area (Å²) in [5, 5.41) is 0. The third-order valence-corrected chi connectivity index (χ3v) is 21.3. The summed E-state index contributed by atoms with van der Waals surface area (Å²) in [7, 11) is 0. The van der Waals surface area contributed by atoms with Crippen LogP contribution in [0.2, 0.25) is 13.3 Å². The molecule has 0 aliphatic rings. The Kier molecular flexibility index (Phi) is 10.8. The van der Waals surface area contributed by atoms with Gasteiger partial charge < -0.3 is 0 Å². The van der Waals surface area contributed by atoms with Gasteiger partial charge in [0.2, 0.25) is 0 Å². The van der Waals surface area contributed by atoms with E-state index in [0.717, 1.165) is 0 Å². The first kappa shape index (κ1) is 22.5. The van der Waals surface area contributed by atoms with Gasteiger partial charge in [-0.25, -0.2) is 0 Å². The SMILES string of the molecule is CCC[CH2][Sn]([CH2]CCC)([CH2]CCC)[C@H](OC(C)=O)c1ccccc1C. The number of esters is 1. The first-order valence-electron chi connectivity index (χ1n) is 10.2. The molecule has 1 rings (SSSR count). The average Bonchev–Trinajstić information content (AvgIpc) is 2.60. The number of carbonyl (C=O) groups excluding carboxylic acids is 1. The van der Waals surface area contributed by atoms with Crippen LogP contribution in [0.4, 0.5) is 0 Å². The Bertz CT molecular complexity index is 491. The molecule has 0 aliphatic heterocycles. The summed E-state index contributed by atoms with van der Waals surface area (Å²) in [4.78, 5) is 12.0. The molecule has 0 saturated carbocycles. The molecule has 0 fully saturated rings. The summed E-state index contributed by atoms with van der Waals surface area (Å²) in [6.07, 6.45) is 7.56. The van der Waals surface area contributed by atoms with Crippen LogP contribution in [0.25, 0.3) is 0 Å². The Hall–Kier alpha value is -0.511. The van der Waals surface area contributed by atoms with E-state index in [2.05, 4.69) is 52.0 Å². The molecule has 0 heterocycles. The number of rotatable bonds is 12. The van der Waals surface area contributed by atoms with Crippen molar-refractivity contribution in [2.75, 3.05) is 0 Å². The summed E-state index contributed by atoms with van der Waals surface area (Å²) >= 11 is -2.70. The zero-order valence-corrected chi connectivity index (χ0v) is 19.9. The number of hydrogen-bond acceptors (Lipinski definition) is 2. The summed E-state index contributed by atoms with van der Waals surface area (Å²) in [6.45, 7) is 10.6. The fraction of sp³-hybridized carbons (Fsp3) is 0.682. The molecule has 2 nitrogen and oxygen atoms in total. The van der Waals surface area contributed by atoms with E-state index in [1.54, 1.807) is 6.92 Å². The number of ether oxygens (including phenoxy) is 1. The Labute approximate surface area is 159 Å². The molecule has 1 aromatic rings. The topological polar surface area (TPSA) is 26.3 Å². The Morgan fingerprint density at radius 3 is 1.84 bits per heavy atom.